The van der Waals surface area contributed by atoms with E-state index in [1.54, 1.807) is 11.3 Å². The highest BCUT2D eigenvalue weighted by atomic mass is 79.9. The van der Waals surface area contributed by atoms with Crippen LogP contribution in [0.25, 0.3) is 4.96 Å². The lowest BCUT2D eigenvalue weighted by Crippen LogP contribution is -1.97. The Morgan fingerprint density at radius 2 is 2.50 bits per heavy atom. The highest BCUT2D eigenvalue weighted by molar-refractivity contribution is 9.09. The minimum Gasteiger partial charge on any atom is -0.297 e. The summed E-state index contributed by atoms with van der Waals surface area (Å²) in [6, 6.07) is 0. The normalized spacial score (nSPS) is 13.6. The molecule has 1 unspecified atom stereocenters. The zero-order valence-electron chi connectivity index (χ0n) is 8.11. The summed E-state index contributed by atoms with van der Waals surface area (Å²) in [5, 5.41) is 2.06. The molecule has 0 aromatic carbocycles. The van der Waals surface area contributed by atoms with Crippen molar-refractivity contribution in [3.8, 4) is 0 Å². The van der Waals surface area contributed by atoms with Crippen molar-refractivity contribution in [1.82, 2.24) is 9.38 Å². The lowest BCUT2D eigenvalue weighted by molar-refractivity contribution is 0.737. The van der Waals surface area contributed by atoms with Crippen molar-refractivity contribution in [2.24, 2.45) is 0 Å². The van der Waals surface area contributed by atoms with Crippen LogP contribution >= 0.6 is 27.3 Å². The number of aromatic nitrogens is 2. The maximum atomic E-state index is 4.54. The van der Waals surface area contributed by atoms with Gasteiger partial charge in [0.2, 0.25) is 0 Å². The molecule has 1 atom stereocenters. The number of hydrogen-bond donors (Lipinski definition) is 0. The van der Waals surface area contributed by atoms with Gasteiger partial charge in [-0.15, -0.1) is 11.3 Å². The van der Waals surface area contributed by atoms with Crippen molar-refractivity contribution in [2.45, 2.75) is 31.0 Å². The molecule has 0 N–H and O–H groups in total. The number of hydrogen-bond acceptors (Lipinski definition) is 2. The largest absolute Gasteiger partial charge is 0.297 e. The molecule has 0 fully saturated rings. The van der Waals surface area contributed by atoms with Crippen LogP contribution in [0.4, 0.5) is 0 Å². The molecule has 2 rings (SSSR count). The number of nitrogens with zero attached hydrogens (tertiary/aromatic N) is 2. The molecule has 76 valence electrons. The fourth-order valence-electron chi connectivity index (χ4n) is 1.41. The van der Waals surface area contributed by atoms with Gasteiger partial charge in [-0.2, -0.15) is 0 Å². The van der Waals surface area contributed by atoms with Gasteiger partial charge in [-0.1, -0.05) is 22.9 Å². The first-order chi connectivity index (χ1) is 6.79. The standard InChI is InChI=1S/C10H13BrN2S/c1-2-8(11)3-4-9-7-13-5-6-14-10(13)12-9/h5-8H,2-4H2,1H3. The van der Waals surface area contributed by atoms with E-state index in [9.17, 15) is 0 Å². The van der Waals surface area contributed by atoms with E-state index in [2.05, 4.69) is 50.0 Å². The molecule has 2 aromatic rings. The molecule has 4 heteroatoms. The number of fused-ring (bicyclic) bond motifs is 1. The fourth-order valence-corrected chi connectivity index (χ4v) is 2.35. The van der Waals surface area contributed by atoms with Crippen molar-refractivity contribution >= 4 is 32.2 Å². The minimum absolute atomic E-state index is 0.627. The zero-order valence-corrected chi connectivity index (χ0v) is 10.5. The molecule has 0 amide bonds. The van der Waals surface area contributed by atoms with Gasteiger partial charge in [0, 0.05) is 22.6 Å². The van der Waals surface area contributed by atoms with Crippen LogP contribution in [0.5, 0.6) is 0 Å². The zero-order chi connectivity index (χ0) is 9.97. The van der Waals surface area contributed by atoms with E-state index in [0.717, 1.165) is 11.4 Å². The summed E-state index contributed by atoms with van der Waals surface area (Å²) in [6.07, 6.45) is 7.60. The van der Waals surface area contributed by atoms with Crippen LogP contribution in [0.15, 0.2) is 17.8 Å². The molecule has 2 heterocycles. The highest BCUT2D eigenvalue weighted by Crippen LogP contribution is 2.16. The van der Waals surface area contributed by atoms with E-state index in [1.165, 1.54) is 18.5 Å². The smallest absolute Gasteiger partial charge is 0.193 e. The Hall–Kier alpha value is -0.350. The summed E-state index contributed by atoms with van der Waals surface area (Å²) in [7, 11) is 0. The van der Waals surface area contributed by atoms with E-state index in [4.69, 9.17) is 0 Å². The van der Waals surface area contributed by atoms with Crippen LogP contribution in [0.3, 0.4) is 0 Å². The van der Waals surface area contributed by atoms with Gasteiger partial charge in [0.25, 0.3) is 0 Å². The average molecular weight is 273 g/mol. The second-order valence-corrected chi connectivity index (χ2v) is 5.54. The molecule has 14 heavy (non-hydrogen) atoms. The van der Waals surface area contributed by atoms with Gasteiger partial charge in [0.1, 0.15) is 0 Å². The Morgan fingerprint density at radius 1 is 1.64 bits per heavy atom. The molecule has 0 saturated carbocycles. The van der Waals surface area contributed by atoms with E-state index < -0.39 is 0 Å². The summed E-state index contributed by atoms with van der Waals surface area (Å²) >= 11 is 5.33. The minimum atomic E-state index is 0.627. The topological polar surface area (TPSA) is 17.3 Å². The molecule has 0 saturated heterocycles. The number of halogens is 1. The van der Waals surface area contributed by atoms with Gasteiger partial charge in [-0.05, 0) is 19.3 Å². The van der Waals surface area contributed by atoms with Crippen LogP contribution in [-0.4, -0.2) is 14.2 Å². The van der Waals surface area contributed by atoms with Crippen molar-refractivity contribution in [3.63, 3.8) is 0 Å². The van der Waals surface area contributed by atoms with Gasteiger partial charge in [-0.25, -0.2) is 4.98 Å². The van der Waals surface area contributed by atoms with Crippen molar-refractivity contribution in [1.29, 1.82) is 0 Å². The van der Waals surface area contributed by atoms with Gasteiger partial charge in [0.15, 0.2) is 4.96 Å². The van der Waals surface area contributed by atoms with Crippen LogP contribution in [0.2, 0.25) is 0 Å². The lowest BCUT2D eigenvalue weighted by atomic mass is 10.2. The molecule has 2 aromatic heterocycles. The number of aryl methyl sites for hydroxylation is 1. The Kier molecular flexibility index (Phi) is 3.23. The summed E-state index contributed by atoms with van der Waals surface area (Å²) in [5.41, 5.74) is 1.20. The lowest BCUT2D eigenvalue weighted by Gasteiger charge is -2.03. The maximum Gasteiger partial charge on any atom is 0.193 e. The molecule has 0 radical (unpaired) electrons. The van der Waals surface area contributed by atoms with Crippen LogP contribution in [-0.2, 0) is 6.42 Å². The Bertz CT molecular complexity index is 378. The van der Waals surface area contributed by atoms with Crippen molar-refractivity contribution < 1.29 is 0 Å². The predicted molar refractivity (Wildman–Crippen MR) is 64.4 cm³/mol. The molecule has 0 spiro atoms. The van der Waals surface area contributed by atoms with Crippen LogP contribution in [0, 0.1) is 0 Å². The molecule has 0 aliphatic carbocycles. The monoisotopic (exact) mass is 272 g/mol. The number of rotatable bonds is 4. The molecule has 0 aliphatic heterocycles. The SMILES string of the molecule is CCC(Br)CCc1cn2ccsc2n1. The summed E-state index contributed by atoms with van der Waals surface area (Å²) < 4.78 is 2.09. The predicted octanol–water partition coefficient (Wildman–Crippen LogP) is 3.50. The van der Waals surface area contributed by atoms with Gasteiger partial charge < -0.3 is 0 Å². The number of thiazole rings is 1. The molecular formula is C10H13BrN2S. The summed E-state index contributed by atoms with van der Waals surface area (Å²) in [6.45, 7) is 2.20. The number of alkyl halides is 1. The third kappa shape index (κ3) is 2.17. The Morgan fingerprint density at radius 3 is 3.21 bits per heavy atom. The Labute approximate surface area is 96.1 Å². The first-order valence-corrected chi connectivity index (χ1v) is 6.64. The molecule has 0 bridgehead atoms. The third-order valence-corrected chi connectivity index (χ3v) is 4.18. The quantitative estimate of drug-likeness (QED) is 0.779. The summed E-state index contributed by atoms with van der Waals surface area (Å²) in [5.74, 6) is 0. The fraction of sp³-hybridized carbons (Fsp3) is 0.500. The van der Waals surface area contributed by atoms with Crippen molar-refractivity contribution in [2.75, 3.05) is 0 Å². The maximum absolute atomic E-state index is 4.54. The average Bonchev–Trinajstić information content (AvgIpc) is 2.73. The number of imidazole rings is 1. The van der Waals surface area contributed by atoms with Crippen LogP contribution in [0.1, 0.15) is 25.5 Å². The van der Waals surface area contributed by atoms with Crippen molar-refractivity contribution in [3.05, 3.63) is 23.5 Å². The second-order valence-electron chi connectivity index (χ2n) is 3.37. The first-order valence-electron chi connectivity index (χ1n) is 4.84. The van der Waals surface area contributed by atoms with E-state index in [1.807, 2.05) is 0 Å². The molecular weight excluding hydrogens is 260 g/mol. The molecule has 2 nitrogen and oxygen atoms in total. The summed E-state index contributed by atoms with van der Waals surface area (Å²) in [4.78, 5) is 6.27. The van der Waals surface area contributed by atoms with Gasteiger partial charge >= 0.3 is 0 Å². The third-order valence-electron chi connectivity index (χ3n) is 2.30. The Balaban J connectivity index is 2.01. The van der Waals surface area contributed by atoms with E-state index in [0.29, 0.717) is 4.83 Å². The van der Waals surface area contributed by atoms with E-state index in [-0.39, 0.29) is 0 Å². The highest BCUT2D eigenvalue weighted by Gasteiger charge is 2.05. The van der Waals surface area contributed by atoms with Crippen LogP contribution < -0.4 is 0 Å². The van der Waals surface area contributed by atoms with Gasteiger partial charge in [0.05, 0.1) is 5.69 Å². The van der Waals surface area contributed by atoms with E-state index >= 15 is 0 Å². The first kappa shape index (κ1) is 10.2. The second kappa shape index (κ2) is 4.45. The van der Waals surface area contributed by atoms with Gasteiger partial charge in [-0.3, -0.25) is 4.40 Å². The molecule has 0 aliphatic rings.